The lowest BCUT2D eigenvalue weighted by Crippen LogP contribution is -2.26. The molecule has 0 aliphatic rings. The molecule has 0 bridgehead atoms. The molecule has 1 N–H and O–H groups in total. The van der Waals surface area contributed by atoms with Gasteiger partial charge in [-0.25, -0.2) is 0 Å². The van der Waals surface area contributed by atoms with Gasteiger partial charge in [-0.05, 0) is 44.5 Å². The third kappa shape index (κ3) is 4.35. The zero-order chi connectivity index (χ0) is 15.2. The normalized spacial score (nSPS) is 12.0. The summed E-state index contributed by atoms with van der Waals surface area (Å²) in [5.74, 6) is 0.616. The molecule has 110 valence electrons. The van der Waals surface area contributed by atoms with Gasteiger partial charge in [-0.2, -0.15) is 0 Å². The van der Waals surface area contributed by atoms with Crippen molar-refractivity contribution in [1.29, 1.82) is 0 Å². The van der Waals surface area contributed by atoms with Gasteiger partial charge >= 0.3 is 0 Å². The van der Waals surface area contributed by atoms with Crippen LogP contribution in [0.4, 0.5) is 0 Å². The van der Waals surface area contributed by atoms with Crippen LogP contribution < -0.4 is 10.1 Å². The largest absolute Gasteiger partial charge is 0.491 e. The van der Waals surface area contributed by atoms with Crippen molar-refractivity contribution in [2.24, 2.45) is 0 Å². The van der Waals surface area contributed by atoms with Crippen molar-refractivity contribution < 1.29 is 9.53 Å². The standard InChI is InChI=1S/C18H21NO2/c1-13(2)21-17-11-7-10-16(12-17)18(20)19-14(3)15-8-5-4-6-9-15/h4-14H,1-3H3,(H,19,20)/t14-/m1/s1. The molecule has 2 aromatic rings. The predicted molar refractivity (Wildman–Crippen MR) is 84.5 cm³/mol. The van der Waals surface area contributed by atoms with Crippen molar-refractivity contribution in [2.75, 3.05) is 0 Å². The Labute approximate surface area is 126 Å². The Kier molecular flexibility index (Phi) is 4.99. The SMILES string of the molecule is CC(C)Oc1cccc(C(=O)N[C@H](C)c2ccccc2)c1. The lowest BCUT2D eigenvalue weighted by Gasteiger charge is -2.15. The fourth-order valence-electron chi connectivity index (χ4n) is 2.09. The molecule has 0 heterocycles. The van der Waals surface area contributed by atoms with E-state index in [0.29, 0.717) is 11.3 Å². The van der Waals surface area contributed by atoms with Crippen LogP contribution in [0.25, 0.3) is 0 Å². The van der Waals surface area contributed by atoms with Crippen molar-refractivity contribution in [3.63, 3.8) is 0 Å². The highest BCUT2D eigenvalue weighted by Gasteiger charge is 2.12. The molecular weight excluding hydrogens is 262 g/mol. The number of rotatable bonds is 5. The van der Waals surface area contributed by atoms with Gasteiger partial charge in [-0.3, -0.25) is 4.79 Å². The monoisotopic (exact) mass is 283 g/mol. The number of amides is 1. The Balaban J connectivity index is 2.06. The molecule has 0 spiro atoms. The highest BCUT2D eigenvalue weighted by Crippen LogP contribution is 2.17. The first-order chi connectivity index (χ1) is 10.1. The Hall–Kier alpha value is -2.29. The molecule has 3 nitrogen and oxygen atoms in total. The van der Waals surface area contributed by atoms with Crippen LogP contribution in [0.5, 0.6) is 5.75 Å². The van der Waals surface area contributed by atoms with E-state index < -0.39 is 0 Å². The maximum absolute atomic E-state index is 12.3. The maximum atomic E-state index is 12.3. The van der Waals surface area contributed by atoms with Crippen molar-refractivity contribution in [2.45, 2.75) is 32.9 Å². The Morgan fingerprint density at radius 2 is 1.71 bits per heavy atom. The van der Waals surface area contributed by atoms with Gasteiger partial charge in [-0.15, -0.1) is 0 Å². The van der Waals surface area contributed by atoms with E-state index >= 15 is 0 Å². The second kappa shape index (κ2) is 6.93. The summed E-state index contributed by atoms with van der Waals surface area (Å²) < 4.78 is 5.61. The summed E-state index contributed by atoms with van der Waals surface area (Å²) >= 11 is 0. The van der Waals surface area contributed by atoms with E-state index in [0.717, 1.165) is 5.56 Å². The molecule has 0 aromatic heterocycles. The molecule has 0 saturated carbocycles. The highest BCUT2D eigenvalue weighted by molar-refractivity contribution is 5.94. The minimum Gasteiger partial charge on any atom is -0.491 e. The highest BCUT2D eigenvalue weighted by atomic mass is 16.5. The molecule has 0 radical (unpaired) electrons. The van der Waals surface area contributed by atoms with Crippen LogP contribution in [-0.2, 0) is 0 Å². The van der Waals surface area contributed by atoms with E-state index in [2.05, 4.69) is 5.32 Å². The van der Waals surface area contributed by atoms with Gasteiger partial charge in [0.25, 0.3) is 5.91 Å². The van der Waals surface area contributed by atoms with E-state index in [1.807, 2.05) is 63.2 Å². The summed E-state index contributed by atoms with van der Waals surface area (Å²) in [6, 6.07) is 17.1. The number of benzene rings is 2. The zero-order valence-electron chi connectivity index (χ0n) is 12.7. The zero-order valence-corrected chi connectivity index (χ0v) is 12.7. The van der Waals surface area contributed by atoms with Crippen molar-refractivity contribution in [1.82, 2.24) is 5.32 Å². The molecule has 0 aliphatic heterocycles. The summed E-state index contributed by atoms with van der Waals surface area (Å²) in [6.45, 7) is 5.90. The van der Waals surface area contributed by atoms with E-state index in [-0.39, 0.29) is 18.1 Å². The van der Waals surface area contributed by atoms with Gasteiger partial charge in [0.05, 0.1) is 12.1 Å². The predicted octanol–water partition coefficient (Wildman–Crippen LogP) is 3.96. The summed E-state index contributed by atoms with van der Waals surface area (Å²) in [6.07, 6.45) is 0.0894. The van der Waals surface area contributed by atoms with Crippen LogP contribution in [0.2, 0.25) is 0 Å². The molecular formula is C18H21NO2. The van der Waals surface area contributed by atoms with Crippen LogP contribution in [0.15, 0.2) is 54.6 Å². The lowest BCUT2D eigenvalue weighted by molar-refractivity contribution is 0.0939. The van der Waals surface area contributed by atoms with E-state index in [4.69, 9.17) is 4.74 Å². The molecule has 0 saturated heterocycles. The first kappa shape index (κ1) is 15.1. The van der Waals surface area contributed by atoms with Crippen molar-refractivity contribution in [3.05, 3.63) is 65.7 Å². The molecule has 1 atom stereocenters. The Morgan fingerprint density at radius 1 is 1.00 bits per heavy atom. The summed E-state index contributed by atoms with van der Waals surface area (Å²) in [5.41, 5.74) is 1.69. The quantitative estimate of drug-likeness (QED) is 0.901. The smallest absolute Gasteiger partial charge is 0.251 e. The van der Waals surface area contributed by atoms with Gasteiger partial charge in [0.1, 0.15) is 5.75 Å². The molecule has 2 rings (SSSR count). The second-order valence-corrected chi connectivity index (χ2v) is 5.30. The maximum Gasteiger partial charge on any atom is 0.251 e. The average molecular weight is 283 g/mol. The van der Waals surface area contributed by atoms with Gasteiger partial charge in [-0.1, -0.05) is 36.4 Å². The number of hydrogen-bond donors (Lipinski definition) is 1. The fourth-order valence-corrected chi connectivity index (χ4v) is 2.09. The lowest BCUT2D eigenvalue weighted by atomic mass is 10.1. The third-order valence-corrected chi connectivity index (χ3v) is 3.12. The molecule has 2 aromatic carbocycles. The second-order valence-electron chi connectivity index (χ2n) is 5.30. The van der Waals surface area contributed by atoms with E-state index in [9.17, 15) is 4.79 Å². The average Bonchev–Trinajstić information content (AvgIpc) is 2.47. The van der Waals surface area contributed by atoms with Gasteiger partial charge < -0.3 is 10.1 Å². The van der Waals surface area contributed by atoms with E-state index in [1.165, 1.54) is 0 Å². The van der Waals surface area contributed by atoms with Crippen LogP contribution in [0.3, 0.4) is 0 Å². The van der Waals surface area contributed by atoms with Crippen LogP contribution in [-0.4, -0.2) is 12.0 Å². The number of nitrogens with one attached hydrogen (secondary N) is 1. The molecule has 1 amide bonds. The first-order valence-corrected chi connectivity index (χ1v) is 7.19. The molecule has 0 unspecified atom stereocenters. The molecule has 21 heavy (non-hydrogen) atoms. The summed E-state index contributed by atoms with van der Waals surface area (Å²) in [4.78, 5) is 12.3. The van der Waals surface area contributed by atoms with Crippen LogP contribution in [0.1, 0.15) is 42.7 Å². The number of hydrogen-bond acceptors (Lipinski definition) is 2. The number of ether oxygens (including phenoxy) is 1. The van der Waals surface area contributed by atoms with E-state index in [1.54, 1.807) is 12.1 Å². The Morgan fingerprint density at radius 3 is 2.38 bits per heavy atom. The number of carbonyl (C=O) groups excluding carboxylic acids is 1. The Bertz CT molecular complexity index is 593. The van der Waals surface area contributed by atoms with Crippen LogP contribution >= 0.6 is 0 Å². The third-order valence-electron chi connectivity index (χ3n) is 3.12. The summed E-state index contributed by atoms with van der Waals surface area (Å²) in [5, 5.41) is 3.00. The van der Waals surface area contributed by atoms with Gasteiger partial charge in [0.15, 0.2) is 0 Å². The van der Waals surface area contributed by atoms with Crippen molar-refractivity contribution in [3.8, 4) is 5.75 Å². The fraction of sp³-hybridized carbons (Fsp3) is 0.278. The topological polar surface area (TPSA) is 38.3 Å². The van der Waals surface area contributed by atoms with Crippen LogP contribution in [0, 0.1) is 0 Å². The molecule has 0 fully saturated rings. The molecule has 3 heteroatoms. The van der Waals surface area contributed by atoms with Crippen molar-refractivity contribution >= 4 is 5.91 Å². The minimum absolute atomic E-state index is 0.0339. The summed E-state index contributed by atoms with van der Waals surface area (Å²) in [7, 11) is 0. The van der Waals surface area contributed by atoms with Gasteiger partial charge in [0, 0.05) is 5.56 Å². The van der Waals surface area contributed by atoms with Gasteiger partial charge in [0.2, 0.25) is 0 Å². The number of carbonyl (C=O) groups is 1. The molecule has 0 aliphatic carbocycles. The minimum atomic E-state index is -0.0967. The first-order valence-electron chi connectivity index (χ1n) is 7.19.